The Bertz CT molecular complexity index is 792. The summed E-state index contributed by atoms with van der Waals surface area (Å²) in [4.78, 5) is 0. The van der Waals surface area contributed by atoms with Crippen molar-refractivity contribution in [1.82, 2.24) is 0 Å². The molecule has 2 aliphatic rings. The second kappa shape index (κ2) is 6.85. The van der Waals surface area contributed by atoms with E-state index in [2.05, 4.69) is 123 Å². The molecule has 0 saturated heterocycles. The van der Waals surface area contributed by atoms with Gasteiger partial charge in [0.2, 0.25) is 0 Å². The van der Waals surface area contributed by atoms with Crippen LogP contribution in [0.2, 0.25) is 0 Å². The first kappa shape index (κ1) is 17.8. The molecule has 0 amide bonds. The lowest BCUT2D eigenvalue weighted by atomic mass is 9.44. The van der Waals surface area contributed by atoms with Crippen LogP contribution in [0.3, 0.4) is 0 Å². The Balaban J connectivity index is 2.17. The Morgan fingerprint density at radius 3 is 1.19 bits per heavy atom. The lowest BCUT2D eigenvalue weighted by Gasteiger charge is -2.57. The molecule has 0 atom stereocenters. The highest BCUT2D eigenvalue weighted by molar-refractivity contribution is 5.55. The standard InChI is InChI=1S/C27H28/c1-3-25(19-11-12-20-25)27(23-15-7-5-8-16-23,24-17-9-6-10-18-24)26(4-2)21-13-14-22-26/h5-22H,3-4H2,1-2H3. The van der Waals surface area contributed by atoms with E-state index in [-0.39, 0.29) is 16.2 Å². The molecule has 0 spiro atoms. The minimum absolute atomic E-state index is 0.0786. The fraction of sp³-hybridized carbons (Fsp3) is 0.259. The fourth-order valence-electron chi connectivity index (χ4n) is 5.57. The third-order valence-electron chi connectivity index (χ3n) is 6.78. The molecule has 0 bridgehead atoms. The first-order valence-electron chi connectivity index (χ1n) is 10.1. The summed E-state index contributed by atoms with van der Waals surface area (Å²) in [6, 6.07) is 22.3. The van der Waals surface area contributed by atoms with Crippen molar-refractivity contribution < 1.29 is 0 Å². The Labute approximate surface area is 163 Å². The molecule has 27 heavy (non-hydrogen) atoms. The SMILES string of the molecule is CCC1(C(c2ccccc2)(c2ccccc2)C2(CC)C=CC=C2)C=CC=C1. The van der Waals surface area contributed by atoms with Crippen molar-refractivity contribution >= 4 is 0 Å². The molecule has 136 valence electrons. The molecule has 0 heterocycles. The average Bonchev–Trinajstić information content (AvgIpc) is 3.42. The van der Waals surface area contributed by atoms with Crippen molar-refractivity contribution in [3.05, 3.63) is 120 Å². The molecule has 0 aliphatic heterocycles. The first-order valence-corrected chi connectivity index (χ1v) is 10.1. The fourth-order valence-corrected chi connectivity index (χ4v) is 5.57. The van der Waals surface area contributed by atoms with Gasteiger partial charge in [-0.15, -0.1) is 0 Å². The molecule has 0 N–H and O–H groups in total. The molecule has 0 radical (unpaired) electrons. The Morgan fingerprint density at radius 1 is 0.556 bits per heavy atom. The van der Waals surface area contributed by atoms with E-state index in [0.717, 1.165) is 12.8 Å². The van der Waals surface area contributed by atoms with Gasteiger partial charge in [-0.25, -0.2) is 0 Å². The Kier molecular flexibility index (Phi) is 4.52. The first-order chi connectivity index (χ1) is 13.2. The molecule has 0 saturated carbocycles. The summed E-state index contributed by atoms with van der Waals surface area (Å²) < 4.78 is 0. The van der Waals surface area contributed by atoms with Gasteiger partial charge in [-0.3, -0.25) is 0 Å². The van der Waals surface area contributed by atoms with Crippen molar-refractivity contribution in [2.75, 3.05) is 0 Å². The number of rotatable bonds is 6. The summed E-state index contributed by atoms with van der Waals surface area (Å²) in [7, 11) is 0. The zero-order chi connectivity index (χ0) is 18.8. The van der Waals surface area contributed by atoms with Crippen LogP contribution in [0.15, 0.2) is 109 Å². The molecular weight excluding hydrogens is 324 g/mol. The van der Waals surface area contributed by atoms with E-state index < -0.39 is 0 Å². The quantitative estimate of drug-likeness (QED) is 0.524. The van der Waals surface area contributed by atoms with Crippen LogP contribution in [0.25, 0.3) is 0 Å². The molecule has 4 rings (SSSR count). The predicted octanol–water partition coefficient (Wildman–Crippen LogP) is 7.02. The van der Waals surface area contributed by atoms with Gasteiger partial charge in [-0.05, 0) is 24.0 Å². The number of hydrogen-bond acceptors (Lipinski definition) is 0. The van der Waals surface area contributed by atoms with E-state index in [1.54, 1.807) is 0 Å². The molecule has 0 aromatic heterocycles. The number of benzene rings is 2. The van der Waals surface area contributed by atoms with E-state index in [9.17, 15) is 0 Å². The molecule has 0 fully saturated rings. The van der Waals surface area contributed by atoms with Gasteiger partial charge in [0.1, 0.15) is 0 Å². The summed E-state index contributed by atoms with van der Waals surface area (Å²) in [5.41, 5.74) is 2.40. The van der Waals surface area contributed by atoms with Gasteiger partial charge >= 0.3 is 0 Å². The second-order valence-corrected chi connectivity index (χ2v) is 7.71. The lowest BCUT2D eigenvalue weighted by molar-refractivity contribution is 0.151. The largest absolute Gasteiger partial charge is 0.0733 e. The third-order valence-corrected chi connectivity index (χ3v) is 6.78. The molecule has 0 unspecified atom stereocenters. The Morgan fingerprint density at radius 2 is 0.889 bits per heavy atom. The summed E-state index contributed by atoms with van der Waals surface area (Å²) in [5.74, 6) is 0. The van der Waals surface area contributed by atoms with E-state index in [1.165, 1.54) is 11.1 Å². The van der Waals surface area contributed by atoms with Crippen molar-refractivity contribution in [1.29, 1.82) is 0 Å². The van der Waals surface area contributed by atoms with Crippen molar-refractivity contribution in [2.24, 2.45) is 10.8 Å². The molecular formula is C27H28. The summed E-state index contributed by atoms with van der Waals surface area (Å²) in [6.07, 6.45) is 20.8. The van der Waals surface area contributed by atoms with Gasteiger partial charge in [0.15, 0.2) is 0 Å². The van der Waals surface area contributed by atoms with Gasteiger partial charge in [0, 0.05) is 16.2 Å². The lowest BCUT2D eigenvalue weighted by Crippen LogP contribution is -2.54. The minimum Gasteiger partial charge on any atom is -0.0733 e. The van der Waals surface area contributed by atoms with Gasteiger partial charge in [0.25, 0.3) is 0 Å². The molecule has 2 aromatic carbocycles. The highest BCUT2D eigenvalue weighted by Gasteiger charge is 2.60. The van der Waals surface area contributed by atoms with Gasteiger partial charge in [-0.1, -0.05) is 123 Å². The Hall–Kier alpha value is -2.60. The smallest absolute Gasteiger partial charge is 0.0453 e. The predicted molar refractivity (Wildman–Crippen MR) is 116 cm³/mol. The van der Waals surface area contributed by atoms with Crippen LogP contribution in [0, 0.1) is 10.8 Å². The van der Waals surface area contributed by atoms with E-state index >= 15 is 0 Å². The molecule has 2 aliphatic carbocycles. The van der Waals surface area contributed by atoms with Crippen LogP contribution in [0.1, 0.15) is 37.8 Å². The van der Waals surface area contributed by atoms with Crippen molar-refractivity contribution in [2.45, 2.75) is 32.1 Å². The van der Waals surface area contributed by atoms with Gasteiger partial charge < -0.3 is 0 Å². The average molecular weight is 353 g/mol. The highest BCUT2D eigenvalue weighted by atomic mass is 14.6. The maximum absolute atomic E-state index is 2.43. The minimum atomic E-state index is -0.209. The number of allylic oxidation sites excluding steroid dienone is 8. The van der Waals surface area contributed by atoms with E-state index in [1.807, 2.05) is 0 Å². The molecule has 2 aromatic rings. The maximum Gasteiger partial charge on any atom is 0.0453 e. The zero-order valence-corrected chi connectivity index (χ0v) is 16.3. The highest BCUT2D eigenvalue weighted by Crippen LogP contribution is 2.64. The maximum atomic E-state index is 2.43. The van der Waals surface area contributed by atoms with Gasteiger partial charge in [0.05, 0.1) is 0 Å². The monoisotopic (exact) mass is 352 g/mol. The summed E-state index contributed by atoms with van der Waals surface area (Å²) >= 11 is 0. The van der Waals surface area contributed by atoms with Gasteiger partial charge in [-0.2, -0.15) is 0 Å². The molecule has 0 nitrogen and oxygen atoms in total. The third kappa shape index (κ3) is 2.36. The second-order valence-electron chi connectivity index (χ2n) is 7.71. The van der Waals surface area contributed by atoms with E-state index in [4.69, 9.17) is 0 Å². The van der Waals surface area contributed by atoms with Crippen LogP contribution >= 0.6 is 0 Å². The van der Waals surface area contributed by atoms with Crippen molar-refractivity contribution in [3.8, 4) is 0 Å². The zero-order valence-electron chi connectivity index (χ0n) is 16.3. The number of hydrogen-bond donors (Lipinski definition) is 0. The summed E-state index contributed by atoms with van der Waals surface area (Å²) in [5, 5.41) is 0. The van der Waals surface area contributed by atoms with E-state index in [0.29, 0.717) is 0 Å². The normalized spacial score (nSPS) is 19.0. The van der Waals surface area contributed by atoms with Crippen LogP contribution in [0.4, 0.5) is 0 Å². The summed E-state index contributed by atoms with van der Waals surface area (Å²) in [6.45, 7) is 4.65. The topological polar surface area (TPSA) is 0 Å². The van der Waals surface area contributed by atoms with Crippen LogP contribution in [0.5, 0.6) is 0 Å². The van der Waals surface area contributed by atoms with Crippen LogP contribution in [-0.4, -0.2) is 0 Å². The van der Waals surface area contributed by atoms with Crippen molar-refractivity contribution in [3.63, 3.8) is 0 Å². The van der Waals surface area contributed by atoms with Crippen LogP contribution in [-0.2, 0) is 5.41 Å². The molecule has 0 heteroatoms. The van der Waals surface area contributed by atoms with Crippen LogP contribution < -0.4 is 0 Å².